The highest BCUT2D eigenvalue weighted by Crippen LogP contribution is 2.36. The van der Waals surface area contributed by atoms with Gasteiger partial charge < -0.3 is 9.47 Å². The first-order valence-corrected chi connectivity index (χ1v) is 9.17. The Morgan fingerprint density at radius 3 is 2.50 bits per heavy atom. The van der Waals surface area contributed by atoms with E-state index in [1.165, 1.54) is 6.07 Å². The minimum Gasteiger partial charge on any atom is -0.454 e. The summed E-state index contributed by atoms with van der Waals surface area (Å²) in [7, 11) is -1.73. The van der Waals surface area contributed by atoms with E-state index in [0.29, 0.717) is 30.0 Å². The largest absolute Gasteiger partial charge is 0.454 e. The van der Waals surface area contributed by atoms with E-state index in [4.69, 9.17) is 9.47 Å². The topological polar surface area (TPSA) is 82.5 Å². The second-order valence-corrected chi connectivity index (χ2v) is 7.63. The molecule has 7 nitrogen and oxygen atoms in total. The van der Waals surface area contributed by atoms with Crippen molar-refractivity contribution in [1.82, 2.24) is 14.5 Å². The molecule has 130 valence electrons. The first kappa shape index (κ1) is 16.8. The fraction of sp³-hybridized carbons (Fsp3) is 0.438. The van der Waals surface area contributed by atoms with E-state index in [0.717, 1.165) is 17.0 Å². The normalized spacial score (nSPS) is 13.5. The standard InChI is InChI=1S/C16H21N3O4S/c1-10-7-14-15(23-9-22-14)8-16(10)24(20,21)17-6-5-13-11(2)18-19(4)12(13)3/h7-8,17H,5-6,9H2,1-4H3. The Morgan fingerprint density at radius 1 is 1.21 bits per heavy atom. The van der Waals surface area contributed by atoms with Crippen LogP contribution in [-0.4, -0.2) is 31.5 Å². The van der Waals surface area contributed by atoms with Gasteiger partial charge in [0.2, 0.25) is 16.8 Å². The molecule has 8 heteroatoms. The number of aromatic nitrogens is 2. The predicted molar refractivity (Wildman–Crippen MR) is 88.9 cm³/mol. The van der Waals surface area contributed by atoms with Crippen molar-refractivity contribution in [2.45, 2.75) is 32.1 Å². The van der Waals surface area contributed by atoms with Crippen molar-refractivity contribution in [3.05, 3.63) is 34.6 Å². The third kappa shape index (κ3) is 2.99. The summed E-state index contributed by atoms with van der Waals surface area (Å²) in [4.78, 5) is 0.214. The van der Waals surface area contributed by atoms with Crippen LogP contribution in [-0.2, 0) is 23.5 Å². The van der Waals surface area contributed by atoms with Gasteiger partial charge in [-0.3, -0.25) is 4.68 Å². The van der Waals surface area contributed by atoms with Gasteiger partial charge >= 0.3 is 0 Å². The van der Waals surface area contributed by atoms with Crippen molar-refractivity contribution in [2.75, 3.05) is 13.3 Å². The monoisotopic (exact) mass is 351 g/mol. The molecule has 1 aromatic carbocycles. The molecule has 0 unspecified atom stereocenters. The Balaban J connectivity index is 1.75. The number of hydrogen-bond acceptors (Lipinski definition) is 5. The maximum Gasteiger partial charge on any atom is 0.240 e. The summed E-state index contributed by atoms with van der Waals surface area (Å²) in [5, 5.41) is 4.35. The SMILES string of the molecule is Cc1cc2c(cc1S(=O)(=O)NCCc1c(C)nn(C)c1C)OCO2. The van der Waals surface area contributed by atoms with Crippen LogP contribution in [0.5, 0.6) is 11.5 Å². The third-order valence-electron chi connectivity index (χ3n) is 4.29. The molecular formula is C16H21N3O4S. The first-order valence-electron chi connectivity index (χ1n) is 7.68. The van der Waals surface area contributed by atoms with Gasteiger partial charge in [-0.05, 0) is 44.4 Å². The number of ether oxygens (including phenoxy) is 2. The molecule has 0 radical (unpaired) electrons. The van der Waals surface area contributed by atoms with Gasteiger partial charge in [-0.25, -0.2) is 13.1 Å². The molecule has 0 saturated heterocycles. The lowest BCUT2D eigenvalue weighted by atomic mass is 10.1. The van der Waals surface area contributed by atoms with Crippen molar-refractivity contribution in [1.29, 1.82) is 0 Å². The summed E-state index contributed by atoms with van der Waals surface area (Å²) in [5.74, 6) is 1.04. The first-order chi connectivity index (χ1) is 11.3. The maximum absolute atomic E-state index is 12.6. The summed E-state index contributed by atoms with van der Waals surface area (Å²) >= 11 is 0. The molecule has 0 atom stereocenters. The lowest BCUT2D eigenvalue weighted by Gasteiger charge is -2.10. The quantitative estimate of drug-likeness (QED) is 0.885. The van der Waals surface area contributed by atoms with Gasteiger partial charge in [0.05, 0.1) is 10.6 Å². The maximum atomic E-state index is 12.6. The number of nitrogens with zero attached hydrogens (tertiary/aromatic N) is 2. The number of nitrogens with one attached hydrogen (secondary N) is 1. The summed E-state index contributed by atoms with van der Waals surface area (Å²) in [5.41, 5.74) is 3.67. The van der Waals surface area contributed by atoms with Gasteiger partial charge in [0.25, 0.3) is 0 Å². The van der Waals surface area contributed by atoms with E-state index in [1.54, 1.807) is 17.7 Å². The molecule has 0 spiro atoms. The molecule has 2 aromatic rings. The molecule has 3 rings (SSSR count). The van der Waals surface area contributed by atoms with Gasteiger partial charge in [0.1, 0.15) is 0 Å². The Hall–Kier alpha value is -2.06. The summed E-state index contributed by atoms with van der Waals surface area (Å²) in [6, 6.07) is 3.20. The van der Waals surface area contributed by atoms with Crippen LogP contribution in [0.15, 0.2) is 17.0 Å². The van der Waals surface area contributed by atoms with Crippen LogP contribution in [0.3, 0.4) is 0 Å². The predicted octanol–water partition coefficient (Wildman–Crippen LogP) is 1.60. The van der Waals surface area contributed by atoms with Crippen LogP contribution in [0.25, 0.3) is 0 Å². The van der Waals surface area contributed by atoms with Gasteiger partial charge in [0.15, 0.2) is 11.5 Å². The van der Waals surface area contributed by atoms with Gasteiger partial charge in [-0.2, -0.15) is 5.10 Å². The van der Waals surface area contributed by atoms with E-state index in [1.807, 2.05) is 20.9 Å². The smallest absolute Gasteiger partial charge is 0.240 e. The molecular weight excluding hydrogens is 330 g/mol. The third-order valence-corrected chi connectivity index (χ3v) is 5.89. The zero-order chi connectivity index (χ0) is 17.5. The molecule has 0 fully saturated rings. The fourth-order valence-corrected chi connectivity index (χ4v) is 4.15. The molecule has 1 aliphatic rings. The van der Waals surface area contributed by atoms with Crippen molar-refractivity contribution in [2.24, 2.45) is 7.05 Å². The summed E-state index contributed by atoms with van der Waals surface area (Å²) < 4.78 is 40.2. The Bertz CT molecular complexity index is 887. The van der Waals surface area contributed by atoms with Crippen molar-refractivity contribution in [3.63, 3.8) is 0 Å². The molecule has 2 heterocycles. The van der Waals surface area contributed by atoms with Crippen LogP contribution in [0.2, 0.25) is 0 Å². The second-order valence-electron chi connectivity index (χ2n) is 5.89. The molecule has 1 aromatic heterocycles. The van der Waals surface area contributed by atoms with E-state index in [9.17, 15) is 8.42 Å². The lowest BCUT2D eigenvalue weighted by molar-refractivity contribution is 0.174. The zero-order valence-corrected chi connectivity index (χ0v) is 15.0. The second kappa shape index (κ2) is 6.10. The van der Waals surface area contributed by atoms with Crippen molar-refractivity contribution < 1.29 is 17.9 Å². The molecule has 0 aliphatic carbocycles. The number of aryl methyl sites for hydroxylation is 3. The van der Waals surface area contributed by atoms with E-state index in [-0.39, 0.29) is 11.7 Å². The molecule has 0 amide bonds. The van der Waals surface area contributed by atoms with Crippen molar-refractivity contribution >= 4 is 10.0 Å². The number of benzene rings is 1. The van der Waals surface area contributed by atoms with E-state index >= 15 is 0 Å². The zero-order valence-electron chi connectivity index (χ0n) is 14.2. The molecule has 24 heavy (non-hydrogen) atoms. The highest BCUT2D eigenvalue weighted by Gasteiger charge is 2.23. The van der Waals surface area contributed by atoms with E-state index < -0.39 is 10.0 Å². The molecule has 0 bridgehead atoms. The number of fused-ring (bicyclic) bond motifs is 1. The lowest BCUT2D eigenvalue weighted by Crippen LogP contribution is -2.26. The Kier molecular flexibility index (Phi) is 4.27. The summed E-state index contributed by atoms with van der Waals surface area (Å²) in [6.07, 6.45) is 0.592. The number of rotatable bonds is 5. The van der Waals surface area contributed by atoms with Gasteiger partial charge in [-0.1, -0.05) is 0 Å². The van der Waals surface area contributed by atoms with Crippen LogP contribution >= 0.6 is 0 Å². The fourth-order valence-electron chi connectivity index (χ4n) is 2.88. The Labute approximate surface area is 141 Å². The minimum absolute atomic E-state index is 0.116. The molecule has 1 aliphatic heterocycles. The van der Waals surface area contributed by atoms with Crippen LogP contribution in [0.1, 0.15) is 22.5 Å². The van der Waals surface area contributed by atoms with E-state index in [2.05, 4.69) is 9.82 Å². The van der Waals surface area contributed by atoms with Gasteiger partial charge in [-0.15, -0.1) is 0 Å². The number of hydrogen-bond donors (Lipinski definition) is 1. The van der Waals surface area contributed by atoms with Crippen LogP contribution < -0.4 is 14.2 Å². The highest BCUT2D eigenvalue weighted by molar-refractivity contribution is 7.89. The van der Waals surface area contributed by atoms with Crippen LogP contribution in [0, 0.1) is 20.8 Å². The van der Waals surface area contributed by atoms with Crippen molar-refractivity contribution in [3.8, 4) is 11.5 Å². The number of sulfonamides is 1. The Morgan fingerprint density at radius 2 is 1.88 bits per heavy atom. The average Bonchev–Trinajstić information content (AvgIpc) is 3.05. The van der Waals surface area contributed by atoms with Crippen LogP contribution in [0.4, 0.5) is 0 Å². The average molecular weight is 351 g/mol. The van der Waals surface area contributed by atoms with Gasteiger partial charge in [0, 0.05) is 25.4 Å². The summed E-state index contributed by atoms with van der Waals surface area (Å²) in [6.45, 7) is 6.07. The minimum atomic E-state index is -3.61. The molecule has 1 N–H and O–H groups in total. The molecule has 0 saturated carbocycles. The highest BCUT2D eigenvalue weighted by atomic mass is 32.2.